The fraction of sp³-hybridized carbons (Fsp3) is 0.158. The molecule has 28 heavy (non-hydrogen) atoms. The molecule has 0 saturated heterocycles. The molecule has 0 radical (unpaired) electrons. The van der Waals surface area contributed by atoms with E-state index in [9.17, 15) is 4.79 Å². The highest BCUT2D eigenvalue weighted by Gasteiger charge is 2.21. The summed E-state index contributed by atoms with van der Waals surface area (Å²) >= 11 is 2.98. The summed E-state index contributed by atoms with van der Waals surface area (Å²) in [5.74, 6) is 1.13. The number of carbonyl (C=O) groups excluding carboxylic acids is 1. The molecule has 9 heteroatoms. The van der Waals surface area contributed by atoms with Gasteiger partial charge in [-0.1, -0.05) is 30.0 Å². The number of para-hydroxylation sites is 2. The number of ether oxygens (including phenoxy) is 1. The number of hydrogen-bond acceptors (Lipinski definition) is 7. The Morgan fingerprint density at radius 1 is 1.21 bits per heavy atom. The van der Waals surface area contributed by atoms with E-state index < -0.39 is 0 Å². The van der Waals surface area contributed by atoms with Gasteiger partial charge in [-0.25, -0.2) is 4.98 Å². The number of hydrogen-bond donors (Lipinski definition) is 0. The number of fused-ring (bicyclic) bond motifs is 1. The average molecular weight is 412 g/mol. The molecule has 7 nitrogen and oxygen atoms in total. The lowest BCUT2D eigenvalue weighted by atomic mass is 10.2. The lowest BCUT2D eigenvalue weighted by molar-refractivity contribution is -0.115. The van der Waals surface area contributed by atoms with Gasteiger partial charge in [-0.2, -0.15) is 0 Å². The molecular weight excluding hydrogens is 394 g/mol. The summed E-state index contributed by atoms with van der Waals surface area (Å²) in [7, 11) is 1.59. The fourth-order valence-electron chi connectivity index (χ4n) is 2.74. The van der Waals surface area contributed by atoms with E-state index in [1.54, 1.807) is 23.8 Å². The van der Waals surface area contributed by atoms with Crippen LogP contribution in [0.2, 0.25) is 0 Å². The second-order valence-corrected chi connectivity index (χ2v) is 7.63. The van der Waals surface area contributed by atoms with Gasteiger partial charge in [0.25, 0.3) is 0 Å². The maximum absolute atomic E-state index is 12.3. The Morgan fingerprint density at radius 2 is 2.04 bits per heavy atom. The van der Waals surface area contributed by atoms with Crippen LogP contribution in [0, 0.1) is 0 Å². The predicted octanol–water partition coefficient (Wildman–Crippen LogP) is 4.17. The van der Waals surface area contributed by atoms with Gasteiger partial charge in [0.05, 0.1) is 18.5 Å². The van der Waals surface area contributed by atoms with E-state index in [0.29, 0.717) is 22.3 Å². The van der Waals surface area contributed by atoms with Crippen LogP contribution in [0.4, 0.5) is 10.8 Å². The highest BCUT2D eigenvalue weighted by molar-refractivity contribution is 7.98. The van der Waals surface area contributed by atoms with Crippen LogP contribution < -0.4 is 9.64 Å². The van der Waals surface area contributed by atoms with Gasteiger partial charge < -0.3 is 4.74 Å². The average Bonchev–Trinajstić information content (AvgIpc) is 3.34. The third kappa shape index (κ3) is 3.58. The fourth-order valence-corrected chi connectivity index (χ4v) is 4.55. The first-order chi connectivity index (χ1) is 13.7. The monoisotopic (exact) mass is 411 g/mol. The number of anilines is 2. The smallest absolute Gasteiger partial charge is 0.230 e. The number of methoxy groups -OCH3 is 1. The van der Waals surface area contributed by atoms with Crippen molar-refractivity contribution < 1.29 is 9.53 Å². The molecule has 3 aromatic heterocycles. The van der Waals surface area contributed by atoms with Gasteiger partial charge in [0.2, 0.25) is 5.91 Å². The molecule has 0 N–H and O–H groups in total. The molecule has 0 fully saturated rings. The molecule has 1 aromatic carbocycles. The van der Waals surface area contributed by atoms with E-state index in [0.717, 1.165) is 16.5 Å². The zero-order valence-corrected chi connectivity index (χ0v) is 16.9. The third-order valence-electron chi connectivity index (χ3n) is 4.00. The molecular formula is C19H17N5O2S2. The molecule has 0 unspecified atom stereocenters. The summed E-state index contributed by atoms with van der Waals surface area (Å²) in [5.41, 5.74) is 2.36. The van der Waals surface area contributed by atoms with Crippen LogP contribution in [0.1, 0.15) is 12.6 Å². The Kier molecular flexibility index (Phi) is 5.27. The highest BCUT2D eigenvalue weighted by Crippen LogP contribution is 2.36. The van der Waals surface area contributed by atoms with E-state index in [1.807, 2.05) is 58.4 Å². The Labute approximate surface area is 170 Å². The number of rotatable bonds is 6. The van der Waals surface area contributed by atoms with Crippen molar-refractivity contribution in [3.05, 3.63) is 59.7 Å². The number of nitrogens with zero attached hydrogens (tertiary/aromatic N) is 5. The maximum Gasteiger partial charge on any atom is 0.230 e. The molecule has 142 valence electrons. The largest absolute Gasteiger partial charge is 0.495 e. The van der Waals surface area contributed by atoms with E-state index in [2.05, 4.69) is 15.2 Å². The molecule has 0 aliphatic carbocycles. The van der Waals surface area contributed by atoms with Crippen molar-refractivity contribution >= 4 is 45.5 Å². The lowest BCUT2D eigenvalue weighted by Gasteiger charge is -2.20. The molecule has 4 aromatic rings. The van der Waals surface area contributed by atoms with E-state index in [-0.39, 0.29) is 5.91 Å². The molecule has 3 heterocycles. The van der Waals surface area contributed by atoms with Crippen molar-refractivity contribution in [1.29, 1.82) is 0 Å². The molecule has 0 aliphatic rings. The Hall–Kier alpha value is -2.91. The van der Waals surface area contributed by atoms with Crippen molar-refractivity contribution in [2.24, 2.45) is 0 Å². The molecule has 0 aliphatic heterocycles. The number of thioether (sulfide) groups is 1. The minimum absolute atomic E-state index is 0.124. The van der Waals surface area contributed by atoms with Crippen LogP contribution >= 0.6 is 23.1 Å². The molecule has 1 amide bonds. The van der Waals surface area contributed by atoms with E-state index in [4.69, 9.17) is 4.74 Å². The number of pyridine rings is 1. The SMILES string of the molecule is COc1ccccc1N(C(C)=O)c1nc(CSc2nnc3ccccn23)cs1. The quantitative estimate of drug-likeness (QED) is 0.444. The van der Waals surface area contributed by atoms with Crippen molar-refractivity contribution in [2.45, 2.75) is 17.8 Å². The van der Waals surface area contributed by atoms with E-state index >= 15 is 0 Å². The molecule has 4 rings (SSSR count). The van der Waals surface area contributed by atoms with Gasteiger partial charge in [-0.15, -0.1) is 21.5 Å². The maximum atomic E-state index is 12.3. The topological polar surface area (TPSA) is 72.6 Å². The molecule has 0 spiro atoms. The zero-order valence-electron chi connectivity index (χ0n) is 15.3. The van der Waals surface area contributed by atoms with Gasteiger partial charge in [-0.3, -0.25) is 14.1 Å². The summed E-state index contributed by atoms with van der Waals surface area (Å²) in [6.07, 6.45) is 1.93. The second-order valence-electron chi connectivity index (χ2n) is 5.85. The number of carbonyl (C=O) groups is 1. The summed E-state index contributed by atoms with van der Waals surface area (Å²) in [5, 5.41) is 11.7. The van der Waals surface area contributed by atoms with Gasteiger partial charge in [-0.05, 0) is 24.3 Å². The number of thiazole rings is 1. The minimum atomic E-state index is -0.124. The number of benzene rings is 1. The van der Waals surface area contributed by atoms with E-state index in [1.165, 1.54) is 18.3 Å². The zero-order chi connectivity index (χ0) is 19.5. The second kappa shape index (κ2) is 7.99. The van der Waals surface area contributed by atoms with Crippen LogP contribution in [-0.4, -0.2) is 32.6 Å². The van der Waals surface area contributed by atoms with Crippen LogP contribution in [-0.2, 0) is 10.5 Å². The normalized spacial score (nSPS) is 10.9. The first kappa shape index (κ1) is 18.5. The Bertz CT molecular complexity index is 1120. The first-order valence-corrected chi connectivity index (χ1v) is 10.3. The summed E-state index contributed by atoms with van der Waals surface area (Å²) in [6, 6.07) is 13.2. The van der Waals surface area contributed by atoms with Gasteiger partial charge >= 0.3 is 0 Å². The number of amides is 1. The predicted molar refractivity (Wildman–Crippen MR) is 110 cm³/mol. The summed E-state index contributed by atoms with van der Waals surface area (Å²) in [6.45, 7) is 1.52. The first-order valence-electron chi connectivity index (χ1n) is 8.48. The van der Waals surface area contributed by atoms with Crippen molar-refractivity contribution in [3.8, 4) is 5.75 Å². The molecule has 0 bridgehead atoms. The van der Waals surface area contributed by atoms with Crippen molar-refractivity contribution in [1.82, 2.24) is 19.6 Å². The van der Waals surface area contributed by atoms with Crippen LogP contribution in [0.3, 0.4) is 0 Å². The number of aromatic nitrogens is 4. The molecule has 0 saturated carbocycles. The van der Waals surface area contributed by atoms with Crippen molar-refractivity contribution in [3.63, 3.8) is 0 Å². The molecule has 0 atom stereocenters. The lowest BCUT2D eigenvalue weighted by Crippen LogP contribution is -2.23. The van der Waals surface area contributed by atoms with Gasteiger partial charge in [0.1, 0.15) is 5.75 Å². The Morgan fingerprint density at radius 3 is 2.86 bits per heavy atom. The summed E-state index contributed by atoms with van der Waals surface area (Å²) in [4.78, 5) is 18.5. The summed E-state index contributed by atoms with van der Waals surface area (Å²) < 4.78 is 7.34. The van der Waals surface area contributed by atoms with Crippen molar-refractivity contribution in [2.75, 3.05) is 12.0 Å². The van der Waals surface area contributed by atoms with Crippen LogP contribution in [0.5, 0.6) is 5.75 Å². The standard InChI is InChI=1S/C19H17N5O2S2/c1-13(25)24(15-7-3-4-8-16(15)26-2)18-20-14(11-27-18)12-28-19-22-21-17-9-5-6-10-23(17)19/h3-11H,12H2,1-2H3. The van der Waals surface area contributed by atoms with Gasteiger partial charge in [0.15, 0.2) is 15.9 Å². The van der Waals surface area contributed by atoms with Crippen LogP contribution in [0.25, 0.3) is 5.65 Å². The Balaban J connectivity index is 1.56. The van der Waals surface area contributed by atoms with Crippen LogP contribution in [0.15, 0.2) is 59.2 Å². The third-order valence-corrected chi connectivity index (χ3v) is 5.85. The minimum Gasteiger partial charge on any atom is -0.495 e. The van der Waals surface area contributed by atoms with Gasteiger partial charge in [0, 0.05) is 24.3 Å². The highest BCUT2D eigenvalue weighted by atomic mass is 32.2.